The number of rotatable bonds is 10. The van der Waals surface area contributed by atoms with Gasteiger partial charge >= 0.3 is 0 Å². The number of aliphatic hydroxyl groups excluding tert-OH is 1. The summed E-state index contributed by atoms with van der Waals surface area (Å²) in [7, 11) is 3.33. The molecule has 4 atom stereocenters. The molecule has 1 aromatic heterocycles. The summed E-state index contributed by atoms with van der Waals surface area (Å²) in [5, 5.41) is 12.6. The molecule has 2 N–H and O–H groups in total. The molecule has 50 heavy (non-hydrogen) atoms. The molecule has 1 amide bonds. The third-order valence-electron chi connectivity index (χ3n) is 9.74. The highest BCUT2D eigenvalue weighted by atomic mass is 16.7. The lowest BCUT2D eigenvalue weighted by Crippen LogP contribution is -2.45. The predicted octanol–water partition coefficient (Wildman–Crippen LogP) is 5.92. The first-order valence-corrected chi connectivity index (χ1v) is 17.0. The summed E-state index contributed by atoms with van der Waals surface area (Å²) in [5.74, 6) is 1.27. The van der Waals surface area contributed by atoms with Gasteiger partial charge in [-0.15, -0.1) is 0 Å². The Morgan fingerprint density at radius 1 is 0.900 bits per heavy atom. The average Bonchev–Trinajstić information content (AvgIpc) is 3.17. The van der Waals surface area contributed by atoms with Crippen LogP contribution in [-0.4, -0.2) is 59.3 Å². The van der Waals surface area contributed by atoms with Crippen molar-refractivity contribution in [1.82, 2.24) is 20.2 Å². The summed E-state index contributed by atoms with van der Waals surface area (Å²) in [4.78, 5) is 24.1. The number of fused-ring (bicyclic) bond motifs is 2. The van der Waals surface area contributed by atoms with E-state index in [0.29, 0.717) is 12.1 Å². The first kappa shape index (κ1) is 33.6. The van der Waals surface area contributed by atoms with E-state index in [0.717, 1.165) is 65.3 Å². The zero-order valence-electron chi connectivity index (χ0n) is 28.5. The Bertz CT molecular complexity index is 1950. The Morgan fingerprint density at radius 3 is 2.30 bits per heavy atom. The average molecular weight is 675 g/mol. The minimum atomic E-state index is -0.586. The number of aromatic nitrogens is 2. The molecule has 4 unspecified atom stereocenters. The lowest BCUT2D eigenvalue weighted by atomic mass is 9.89. The number of benzene rings is 4. The van der Waals surface area contributed by atoms with E-state index in [1.165, 1.54) is 17.3 Å². The minimum absolute atomic E-state index is 0.00866. The van der Waals surface area contributed by atoms with Gasteiger partial charge < -0.3 is 29.4 Å². The van der Waals surface area contributed by atoms with Crippen molar-refractivity contribution in [3.8, 4) is 11.5 Å². The number of aliphatic hydroxyl groups is 1. The Labute approximate surface area is 292 Å². The molecule has 0 spiro atoms. The molecule has 5 aromatic rings. The van der Waals surface area contributed by atoms with Crippen LogP contribution in [0.1, 0.15) is 63.2 Å². The SMILES string of the molecule is COc1cc2c(cc1OC)CN(CC1OC(c3ccc(CNC(=O)c4cnc5ccccc5n4)cc3)OC(c3ccc(CO)cc3)C1C)CC2. The Morgan fingerprint density at radius 2 is 1.58 bits per heavy atom. The molecule has 7 rings (SSSR count). The molecule has 0 radical (unpaired) electrons. The van der Waals surface area contributed by atoms with Crippen LogP contribution >= 0.6 is 0 Å². The number of para-hydroxylation sites is 2. The van der Waals surface area contributed by atoms with Crippen LogP contribution in [0.15, 0.2) is 91.1 Å². The number of nitrogens with zero attached hydrogens (tertiary/aromatic N) is 3. The summed E-state index contributed by atoms with van der Waals surface area (Å²) in [5.41, 5.74) is 7.95. The minimum Gasteiger partial charge on any atom is -0.493 e. The van der Waals surface area contributed by atoms with Gasteiger partial charge in [-0.3, -0.25) is 14.7 Å². The fourth-order valence-electron chi connectivity index (χ4n) is 6.81. The zero-order chi connectivity index (χ0) is 34.6. The largest absolute Gasteiger partial charge is 0.493 e. The number of amides is 1. The fraction of sp³-hybridized carbons (Fsp3) is 0.325. The monoisotopic (exact) mass is 674 g/mol. The summed E-state index contributed by atoms with van der Waals surface area (Å²) >= 11 is 0. The number of hydrogen-bond donors (Lipinski definition) is 2. The summed E-state index contributed by atoms with van der Waals surface area (Å²) in [6, 6.07) is 27.6. The van der Waals surface area contributed by atoms with E-state index in [1.54, 1.807) is 14.2 Å². The van der Waals surface area contributed by atoms with Gasteiger partial charge in [0.05, 0.1) is 50.3 Å². The second-order valence-electron chi connectivity index (χ2n) is 13.0. The Balaban J connectivity index is 1.06. The highest BCUT2D eigenvalue weighted by Gasteiger charge is 2.39. The molecule has 4 aromatic carbocycles. The van der Waals surface area contributed by atoms with Crippen LogP contribution in [0.5, 0.6) is 11.5 Å². The van der Waals surface area contributed by atoms with Gasteiger partial charge in [-0.1, -0.05) is 67.6 Å². The number of carbonyl (C=O) groups is 1. The molecule has 0 aliphatic carbocycles. The number of methoxy groups -OCH3 is 2. The van der Waals surface area contributed by atoms with E-state index in [1.807, 2.05) is 72.8 Å². The van der Waals surface area contributed by atoms with Crippen LogP contribution in [0.25, 0.3) is 11.0 Å². The molecular formula is C40H42N4O6. The van der Waals surface area contributed by atoms with Crippen LogP contribution in [0.2, 0.25) is 0 Å². The lowest BCUT2D eigenvalue weighted by Gasteiger charge is -2.43. The molecule has 258 valence electrons. The molecular weight excluding hydrogens is 632 g/mol. The molecule has 2 aliphatic rings. The summed E-state index contributed by atoms with van der Waals surface area (Å²) in [6.45, 7) is 4.94. The van der Waals surface area contributed by atoms with Gasteiger partial charge in [-0.2, -0.15) is 0 Å². The summed E-state index contributed by atoms with van der Waals surface area (Å²) in [6.07, 6.45) is 1.50. The zero-order valence-corrected chi connectivity index (χ0v) is 28.5. The van der Waals surface area contributed by atoms with Crippen LogP contribution in [0, 0.1) is 5.92 Å². The van der Waals surface area contributed by atoms with Gasteiger partial charge in [0.25, 0.3) is 5.91 Å². The summed E-state index contributed by atoms with van der Waals surface area (Å²) < 4.78 is 24.6. The maximum absolute atomic E-state index is 12.9. The van der Waals surface area contributed by atoms with Crippen molar-refractivity contribution in [3.63, 3.8) is 0 Å². The van der Waals surface area contributed by atoms with Crippen LogP contribution < -0.4 is 14.8 Å². The first-order valence-electron chi connectivity index (χ1n) is 17.0. The van der Waals surface area contributed by atoms with Gasteiger partial charge in [-0.05, 0) is 58.5 Å². The molecule has 1 saturated heterocycles. The second kappa shape index (κ2) is 14.9. The molecule has 0 saturated carbocycles. The van der Waals surface area contributed by atoms with Crippen LogP contribution in [-0.2, 0) is 35.6 Å². The van der Waals surface area contributed by atoms with Crippen molar-refractivity contribution in [2.45, 2.75) is 51.5 Å². The van der Waals surface area contributed by atoms with Crippen LogP contribution in [0.3, 0.4) is 0 Å². The van der Waals surface area contributed by atoms with Gasteiger partial charge in [0, 0.05) is 37.7 Å². The smallest absolute Gasteiger partial charge is 0.271 e. The van der Waals surface area contributed by atoms with Crippen LogP contribution in [0.4, 0.5) is 0 Å². The maximum Gasteiger partial charge on any atom is 0.271 e. The molecule has 2 aliphatic heterocycles. The van der Waals surface area contributed by atoms with Crippen molar-refractivity contribution in [1.29, 1.82) is 0 Å². The molecule has 0 bridgehead atoms. The number of nitrogens with one attached hydrogen (secondary N) is 1. The van der Waals surface area contributed by atoms with Gasteiger partial charge in [-0.25, -0.2) is 4.98 Å². The topological polar surface area (TPSA) is 115 Å². The standard InChI is InChI=1S/C40H42N4O6/c1-25-37(23-44-17-16-30-18-35(47-2)36(48-3)19-31(30)22-44)49-40(50-38(25)28-12-10-27(24-45)11-13-28)29-14-8-26(9-15-29)20-42-39(46)34-21-41-32-6-4-5-7-33(32)43-34/h4-15,18-19,21,25,37-38,40,45H,16-17,20,22-24H2,1-3H3,(H,42,46). The molecule has 10 heteroatoms. The van der Waals surface area contributed by atoms with Crippen molar-refractivity contribution in [3.05, 3.63) is 130 Å². The normalized spacial score (nSPS) is 20.6. The van der Waals surface area contributed by atoms with E-state index in [4.69, 9.17) is 18.9 Å². The predicted molar refractivity (Wildman–Crippen MR) is 189 cm³/mol. The highest BCUT2D eigenvalue weighted by molar-refractivity contribution is 5.93. The van der Waals surface area contributed by atoms with Gasteiger partial charge in [0.2, 0.25) is 0 Å². The van der Waals surface area contributed by atoms with E-state index in [-0.39, 0.29) is 36.3 Å². The van der Waals surface area contributed by atoms with E-state index >= 15 is 0 Å². The Hall–Kier alpha value is -4.87. The highest BCUT2D eigenvalue weighted by Crippen LogP contribution is 2.42. The Kier molecular flexibility index (Phi) is 10.0. The van der Waals surface area contributed by atoms with Crippen molar-refractivity contribution < 1.29 is 28.8 Å². The quantitative estimate of drug-likeness (QED) is 0.186. The maximum atomic E-state index is 12.9. The van der Waals surface area contributed by atoms with Crippen molar-refractivity contribution in [2.24, 2.45) is 5.92 Å². The third-order valence-corrected chi connectivity index (χ3v) is 9.74. The van der Waals surface area contributed by atoms with E-state index in [2.05, 4.69) is 39.2 Å². The number of hydrogen-bond acceptors (Lipinski definition) is 9. The number of ether oxygens (including phenoxy) is 4. The molecule has 10 nitrogen and oxygen atoms in total. The third kappa shape index (κ3) is 7.20. The van der Waals surface area contributed by atoms with Crippen molar-refractivity contribution in [2.75, 3.05) is 27.3 Å². The van der Waals surface area contributed by atoms with Crippen molar-refractivity contribution >= 4 is 16.9 Å². The second-order valence-corrected chi connectivity index (χ2v) is 13.0. The number of carbonyl (C=O) groups excluding carboxylic acids is 1. The molecule has 3 heterocycles. The van der Waals surface area contributed by atoms with E-state index in [9.17, 15) is 9.90 Å². The van der Waals surface area contributed by atoms with Gasteiger partial charge in [0.15, 0.2) is 17.8 Å². The van der Waals surface area contributed by atoms with E-state index < -0.39 is 6.29 Å². The van der Waals surface area contributed by atoms with Gasteiger partial charge in [0.1, 0.15) is 5.69 Å². The first-order chi connectivity index (χ1) is 24.4. The fourth-order valence-corrected chi connectivity index (χ4v) is 6.81. The molecule has 1 fully saturated rings. The lowest BCUT2D eigenvalue weighted by molar-refractivity contribution is -0.276.